The van der Waals surface area contributed by atoms with Crippen molar-refractivity contribution in [1.29, 1.82) is 0 Å². The van der Waals surface area contributed by atoms with Crippen molar-refractivity contribution in [3.63, 3.8) is 0 Å². The van der Waals surface area contributed by atoms with Gasteiger partial charge in [-0.05, 0) is 0 Å². The van der Waals surface area contributed by atoms with Crippen LogP contribution in [0.1, 0.15) is 6.92 Å². The Morgan fingerprint density at radius 1 is 0.976 bits per heavy atom. The molecule has 0 aliphatic carbocycles. The summed E-state index contributed by atoms with van der Waals surface area (Å²) in [5.74, 6) is -1.32. The van der Waals surface area contributed by atoms with Crippen molar-refractivity contribution in [2.24, 2.45) is 5.18 Å². The monoisotopic (exact) mass is 1130 g/mol. The zero-order valence-corrected chi connectivity index (χ0v) is 33.3. The van der Waals surface area contributed by atoms with Crippen molar-refractivity contribution in [1.82, 2.24) is 0 Å². The Morgan fingerprint density at radius 2 is 1.50 bits per heavy atom. The third-order valence-electron chi connectivity index (χ3n) is 6.18. The first-order valence-corrected chi connectivity index (χ1v) is 23.6. The van der Waals surface area contributed by atoms with Gasteiger partial charge in [0.05, 0.1) is 0 Å². The predicted octanol–water partition coefficient (Wildman–Crippen LogP) is 5.31. The van der Waals surface area contributed by atoms with Crippen LogP contribution < -0.4 is 26.1 Å². The van der Waals surface area contributed by atoms with E-state index in [2.05, 4.69) is 66.4 Å². The number of halogens is 5. The van der Waals surface area contributed by atoms with Crippen LogP contribution in [0.2, 0.25) is 0 Å². The van der Waals surface area contributed by atoms with Gasteiger partial charge in [-0.15, -0.1) is 0 Å². The van der Waals surface area contributed by atoms with Crippen LogP contribution in [-0.4, -0.2) is 41.0 Å². The molecule has 1 aliphatic heterocycles. The Labute approximate surface area is 300 Å². The first-order chi connectivity index (χ1) is 19.9. The van der Waals surface area contributed by atoms with Crippen LogP contribution in [0.25, 0.3) is 0 Å². The van der Waals surface area contributed by atoms with Crippen molar-refractivity contribution >= 4 is 119 Å². The number of carbonyl (C=O) groups is 2. The minimum absolute atomic E-state index is 0.431. The fraction of sp³-hybridized carbons (Fsp3) is 0.233. The van der Waals surface area contributed by atoms with Crippen LogP contribution in [0.3, 0.4) is 0 Å². The van der Waals surface area contributed by atoms with Gasteiger partial charge in [0.15, 0.2) is 0 Å². The molecule has 0 bridgehead atoms. The van der Waals surface area contributed by atoms with E-state index in [0.29, 0.717) is 3.58 Å². The van der Waals surface area contributed by atoms with Crippen LogP contribution >= 0.6 is 85.7 Å². The molecule has 1 heterocycles. The number of esters is 2. The molecule has 0 amide bonds. The fourth-order valence-corrected chi connectivity index (χ4v) is 18.9. The number of hydrogen-bond acceptors (Lipinski definition) is 7. The molecule has 1 saturated heterocycles. The number of carbonyl (C=O) groups excluding carboxylic acids is 2. The standard InChI is InChI=1S/C30H28I5N2O5/c1-21(35(3)18-19-35)27(39)41-20-26(38)42-28(29(2,31)32)30(33,36-40)34-24-16-10-11-17-25(24)37(22-12-6-4-7-13-22)23-14-8-5-9-15-23/h4-17,28H,1,3,18-20H2,2H3/q-1. The van der Waals surface area contributed by atoms with E-state index >= 15 is 0 Å². The molecular formula is C30H28I5N2O5-. The van der Waals surface area contributed by atoms with E-state index in [4.69, 9.17) is 9.47 Å². The van der Waals surface area contributed by atoms with Crippen molar-refractivity contribution in [2.45, 2.75) is 16.0 Å². The summed E-state index contributed by atoms with van der Waals surface area (Å²) in [6, 6.07) is 27.9. The molecule has 2 unspecified atom stereocenters. The van der Waals surface area contributed by atoms with Crippen molar-refractivity contribution in [2.75, 3.05) is 20.4 Å². The van der Waals surface area contributed by atoms with Crippen LogP contribution in [0.15, 0.2) is 100 Å². The summed E-state index contributed by atoms with van der Waals surface area (Å²) >= 11 is 2.77. The topological polar surface area (TPSA) is 85.3 Å². The second-order valence-electron chi connectivity index (χ2n) is 9.38. The van der Waals surface area contributed by atoms with Crippen LogP contribution in [0.4, 0.5) is 17.1 Å². The van der Waals surface area contributed by atoms with Gasteiger partial charge in [-0.3, -0.25) is 0 Å². The number of nitroso groups, excluding NO2 is 1. The molecule has 1 aliphatic rings. The van der Waals surface area contributed by atoms with Gasteiger partial charge < -0.3 is 0 Å². The average Bonchev–Trinajstić information content (AvgIpc) is 3.74. The number of anilines is 3. The second kappa shape index (κ2) is 14.6. The van der Waals surface area contributed by atoms with Crippen LogP contribution in [-0.2, 0) is 19.1 Å². The maximum absolute atomic E-state index is 13.0. The van der Waals surface area contributed by atoms with Gasteiger partial charge in [-0.25, -0.2) is 0 Å². The molecule has 12 heteroatoms. The molecule has 7 nitrogen and oxygen atoms in total. The van der Waals surface area contributed by atoms with Gasteiger partial charge in [-0.2, -0.15) is 0 Å². The minimum atomic E-state index is -2.42. The second-order valence-corrected chi connectivity index (χ2v) is 32.0. The summed E-state index contributed by atoms with van der Waals surface area (Å²) < 4.78 is 16.6. The van der Waals surface area contributed by atoms with E-state index in [1.807, 2.05) is 114 Å². The summed E-state index contributed by atoms with van der Waals surface area (Å²) in [6.07, 6.45) is -0.902. The number of rotatable bonds is 13. The first kappa shape index (κ1) is 34.1. The molecule has 0 radical (unpaired) electrons. The average molecular weight is 1130 g/mol. The molecule has 224 valence electrons. The van der Waals surface area contributed by atoms with Gasteiger partial charge in [0.1, 0.15) is 0 Å². The van der Waals surface area contributed by atoms with Gasteiger partial charge in [0.25, 0.3) is 0 Å². The van der Waals surface area contributed by atoms with Gasteiger partial charge in [-0.1, -0.05) is 0 Å². The summed E-state index contributed by atoms with van der Waals surface area (Å²) in [7, 11) is 0. The molecule has 2 atom stereocenters. The summed E-state index contributed by atoms with van der Waals surface area (Å²) in [5, 5.41) is 3.60. The molecular weight excluding hydrogens is 1100 g/mol. The fourth-order valence-electron chi connectivity index (χ4n) is 3.88. The molecule has 0 saturated carbocycles. The van der Waals surface area contributed by atoms with Gasteiger partial charge >= 0.3 is 305 Å². The van der Waals surface area contributed by atoms with E-state index < -0.39 is 66.8 Å². The Bertz CT molecular complexity index is 1470. The van der Waals surface area contributed by atoms with E-state index in [9.17, 15) is 14.5 Å². The summed E-state index contributed by atoms with van der Waals surface area (Å²) in [5.41, 5.74) is 2.86. The zero-order chi connectivity index (χ0) is 30.5. The number of benzene rings is 3. The molecule has 3 aromatic carbocycles. The molecule has 42 heavy (non-hydrogen) atoms. The normalized spacial score (nSPS) is 16.8. The molecule has 4 rings (SSSR count). The van der Waals surface area contributed by atoms with Crippen LogP contribution in [0.5, 0.6) is 0 Å². The number of nitrogens with zero attached hydrogens (tertiary/aromatic N) is 2. The predicted molar refractivity (Wildman–Crippen MR) is 200 cm³/mol. The number of ether oxygens (including phenoxy) is 2. The maximum atomic E-state index is 13.0. The van der Waals surface area contributed by atoms with E-state index in [-0.39, 0.29) is 0 Å². The summed E-state index contributed by atoms with van der Waals surface area (Å²) in [4.78, 5) is 40.2. The molecule has 1 fully saturated rings. The van der Waals surface area contributed by atoms with E-state index in [1.54, 1.807) is 0 Å². The van der Waals surface area contributed by atoms with Crippen molar-refractivity contribution < 1.29 is 40.3 Å². The third kappa shape index (κ3) is 8.49. The Morgan fingerprint density at radius 3 is 2.00 bits per heavy atom. The Hall–Kier alpha value is -0.740. The SMILES string of the molecule is C=C(C(=O)OCC(=O)OC(C(C)(I)I)C(I)(N=O)[I-]c1ccccc1N(c1ccccc1)c1ccccc1)I1(=C)CC1. The zero-order valence-electron chi connectivity index (χ0n) is 22.5. The number of alkyl halides is 6. The number of para-hydroxylation sites is 3. The summed E-state index contributed by atoms with van der Waals surface area (Å²) in [6.45, 7) is 5.18. The first-order valence-electron chi connectivity index (χ1n) is 12.5. The third-order valence-corrected chi connectivity index (χ3v) is 19.3. The van der Waals surface area contributed by atoms with Gasteiger partial charge in [0.2, 0.25) is 0 Å². The van der Waals surface area contributed by atoms with Crippen molar-refractivity contribution in [3.8, 4) is 0 Å². The molecule has 0 spiro atoms. The molecule has 0 N–H and O–H groups in total. The Kier molecular flexibility index (Phi) is 11.8. The quantitative estimate of drug-likeness (QED) is 0.0577. The number of hydrogen-bond donors (Lipinski definition) is 0. The van der Waals surface area contributed by atoms with Gasteiger partial charge in [0, 0.05) is 0 Å². The molecule has 0 aromatic heterocycles. The van der Waals surface area contributed by atoms with E-state index in [1.165, 1.54) is 0 Å². The van der Waals surface area contributed by atoms with E-state index in [0.717, 1.165) is 29.5 Å². The Balaban J connectivity index is 1.62. The van der Waals surface area contributed by atoms with Crippen LogP contribution in [0, 0.1) is 8.48 Å². The van der Waals surface area contributed by atoms with Crippen molar-refractivity contribution in [3.05, 3.63) is 104 Å². The molecule has 3 aromatic rings.